The zero-order chi connectivity index (χ0) is 25.6. The van der Waals surface area contributed by atoms with Gasteiger partial charge in [-0.1, -0.05) is 6.08 Å². The molecule has 3 aliphatic carbocycles. The number of hydrogen-bond donors (Lipinski definition) is 5. The van der Waals surface area contributed by atoms with Gasteiger partial charge in [0, 0.05) is 17.2 Å². The van der Waals surface area contributed by atoms with Crippen molar-refractivity contribution < 1.29 is 29.7 Å². The fourth-order valence-corrected chi connectivity index (χ4v) is 6.24. The van der Waals surface area contributed by atoms with E-state index in [2.05, 4.69) is 11.5 Å². The number of nitrogens with two attached hydrogens (primary N) is 2. The van der Waals surface area contributed by atoms with Gasteiger partial charge in [0.25, 0.3) is 5.91 Å². The molecular formula is C26H33N3O6. The molecule has 7 N–H and O–H groups in total. The van der Waals surface area contributed by atoms with Gasteiger partial charge in [0.15, 0.2) is 11.6 Å². The second kappa shape index (κ2) is 9.47. The summed E-state index contributed by atoms with van der Waals surface area (Å²) in [5.74, 6) is -5.92. The van der Waals surface area contributed by atoms with Gasteiger partial charge in [-0.05, 0) is 75.6 Å². The molecule has 35 heavy (non-hydrogen) atoms. The van der Waals surface area contributed by atoms with Crippen LogP contribution in [0.3, 0.4) is 0 Å². The number of rotatable bonds is 5. The second-order valence-electron chi connectivity index (χ2n) is 9.97. The Balaban J connectivity index is 1.73. The van der Waals surface area contributed by atoms with Gasteiger partial charge in [-0.15, -0.1) is 6.58 Å². The summed E-state index contributed by atoms with van der Waals surface area (Å²) >= 11 is 0. The summed E-state index contributed by atoms with van der Waals surface area (Å²) in [6.45, 7) is 4.76. The summed E-state index contributed by atoms with van der Waals surface area (Å²) in [6, 6.07) is -0.907. The van der Waals surface area contributed by atoms with E-state index in [1.807, 2.05) is 7.05 Å². The minimum Gasteiger partial charge on any atom is -0.511 e. The monoisotopic (exact) mass is 483 g/mol. The van der Waals surface area contributed by atoms with Crippen LogP contribution < -0.4 is 11.5 Å². The topological polar surface area (TPSA) is 167 Å². The third-order valence-electron chi connectivity index (χ3n) is 7.99. The molecule has 1 heterocycles. The highest BCUT2D eigenvalue weighted by Crippen LogP contribution is 2.49. The maximum absolute atomic E-state index is 13.5. The molecule has 0 bridgehead atoms. The lowest BCUT2D eigenvalue weighted by Crippen LogP contribution is -2.51. The van der Waals surface area contributed by atoms with E-state index < -0.39 is 52.4 Å². The number of carbonyl (C=O) groups is 3. The predicted molar refractivity (Wildman–Crippen MR) is 129 cm³/mol. The summed E-state index contributed by atoms with van der Waals surface area (Å²) in [5, 5.41) is 32.4. The highest BCUT2D eigenvalue weighted by atomic mass is 16.3. The highest BCUT2D eigenvalue weighted by molar-refractivity contribution is 6.22. The Morgan fingerprint density at radius 3 is 2.54 bits per heavy atom. The molecule has 0 spiro atoms. The molecule has 4 aliphatic rings. The number of Topliss-reactive ketones (excluding diaryl/α,β-unsaturated/α-hetero) is 2. The maximum atomic E-state index is 13.5. The van der Waals surface area contributed by atoms with Crippen molar-refractivity contribution in [3.8, 4) is 0 Å². The van der Waals surface area contributed by atoms with E-state index in [1.165, 1.54) is 0 Å². The van der Waals surface area contributed by atoms with Crippen LogP contribution in [0.15, 0.2) is 58.3 Å². The number of allylic oxidation sites excluding steroid dienone is 5. The third-order valence-corrected chi connectivity index (χ3v) is 7.99. The molecule has 1 aliphatic heterocycles. The van der Waals surface area contributed by atoms with Gasteiger partial charge in [0.1, 0.15) is 22.9 Å². The van der Waals surface area contributed by atoms with Crippen LogP contribution in [0.1, 0.15) is 38.5 Å². The highest BCUT2D eigenvalue weighted by Gasteiger charge is 2.52. The van der Waals surface area contributed by atoms with Crippen molar-refractivity contribution in [3.63, 3.8) is 0 Å². The van der Waals surface area contributed by atoms with E-state index in [0.29, 0.717) is 19.3 Å². The molecular weight excluding hydrogens is 450 g/mol. The van der Waals surface area contributed by atoms with Gasteiger partial charge < -0.3 is 26.8 Å². The number of likely N-dealkylation sites (N-methyl/N-ethyl adjacent to an activating group) is 1. The molecule has 0 radical (unpaired) electrons. The lowest BCUT2D eigenvalue weighted by Gasteiger charge is -2.43. The van der Waals surface area contributed by atoms with Crippen LogP contribution in [0.2, 0.25) is 0 Å². The fourth-order valence-electron chi connectivity index (χ4n) is 6.24. The molecule has 5 atom stereocenters. The standard InChI is InChI=1S/C26H33N3O6/c1-3-5-12(16-6-4-9-29(16)2)11-17(30)14-8-7-13-10-15-19(23(32)18(13)22(14)31)24(33)20(26(28)35)25(34)21(15)27/h3,11,13,15-16,19,21,30,32,34H,1,4-10,27H2,2H3,(H2,28,35)/b12-11+,17-14-/t13?,15?,16?,19?,21-/m0/s1. The van der Waals surface area contributed by atoms with Gasteiger partial charge in [0.2, 0.25) is 0 Å². The molecule has 188 valence electrons. The molecule has 1 saturated carbocycles. The number of nitrogens with zero attached hydrogens (tertiary/aromatic N) is 1. The SMILES string of the molecule is C=CC/C(=C\C(O)=C1/CCC2CC3C(C(=O)C(C(N)=O)=C(O)[C@H]3N)C(O)=C2C1=O)C1CCCN1C. The number of primary amides is 1. The third kappa shape index (κ3) is 4.12. The van der Waals surface area contributed by atoms with Crippen molar-refractivity contribution in [1.82, 2.24) is 4.90 Å². The van der Waals surface area contributed by atoms with Crippen LogP contribution in [0.5, 0.6) is 0 Å². The molecule has 1 amide bonds. The van der Waals surface area contributed by atoms with E-state index in [9.17, 15) is 29.7 Å². The summed E-state index contributed by atoms with van der Waals surface area (Å²) < 4.78 is 0. The first-order chi connectivity index (χ1) is 16.6. The van der Waals surface area contributed by atoms with Crippen LogP contribution in [0, 0.1) is 17.8 Å². The first-order valence-corrected chi connectivity index (χ1v) is 12.0. The number of fused-ring (bicyclic) bond motifs is 2. The fraction of sp³-hybridized carbons (Fsp3) is 0.500. The molecule has 0 aromatic rings. The minimum absolute atomic E-state index is 0.0708. The van der Waals surface area contributed by atoms with Crippen LogP contribution in [-0.4, -0.2) is 63.4 Å². The average molecular weight is 484 g/mol. The number of aliphatic hydroxyl groups is 3. The molecule has 0 aromatic carbocycles. The van der Waals surface area contributed by atoms with Crippen molar-refractivity contribution in [1.29, 1.82) is 0 Å². The largest absolute Gasteiger partial charge is 0.511 e. The van der Waals surface area contributed by atoms with Crippen molar-refractivity contribution in [2.75, 3.05) is 13.6 Å². The second-order valence-corrected chi connectivity index (χ2v) is 9.97. The normalized spacial score (nSPS) is 33.5. The number of aliphatic hydroxyl groups excluding tert-OH is 3. The van der Waals surface area contributed by atoms with Crippen molar-refractivity contribution in [3.05, 3.63) is 58.3 Å². The van der Waals surface area contributed by atoms with Crippen LogP contribution in [-0.2, 0) is 14.4 Å². The number of likely N-dealkylation sites (tertiary alicyclic amines) is 1. The molecule has 2 fully saturated rings. The van der Waals surface area contributed by atoms with E-state index in [4.69, 9.17) is 11.5 Å². The number of ketones is 2. The molecule has 4 unspecified atom stereocenters. The lowest BCUT2D eigenvalue weighted by molar-refractivity contribution is -0.126. The number of amides is 1. The van der Waals surface area contributed by atoms with E-state index in [1.54, 1.807) is 12.2 Å². The van der Waals surface area contributed by atoms with Crippen LogP contribution >= 0.6 is 0 Å². The van der Waals surface area contributed by atoms with Crippen LogP contribution in [0.25, 0.3) is 0 Å². The van der Waals surface area contributed by atoms with Crippen molar-refractivity contribution in [2.24, 2.45) is 29.2 Å². The Morgan fingerprint density at radius 2 is 1.94 bits per heavy atom. The van der Waals surface area contributed by atoms with E-state index in [0.717, 1.165) is 25.0 Å². The van der Waals surface area contributed by atoms with Gasteiger partial charge in [-0.25, -0.2) is 0 Å². The van der Waals surface area contributed by atoms with Gasteiger partial charge in [-0.2, -0.15) is 0 Å². The number of carbonyl (C=O) groups excluding carboxylic acids is 3. The summed E-state index contributed by atoms with van der Waals surface area (Å²) in [5.41, 5.74) is 12.0. The van der Waals surface area contributed by atoms with E-state index >= 15 is 0 Å². The van der Waals surface area contributed by atoms with Gasteiger partial charge in [0.05, 0.1) is 12.0 Å². The molecule has 1 saturated heterocycles. The van der Waals surface area contributed by atoms with Crippen molar-refractivity contribution >= 4 is 17.5 Å². The Bertz CT molecular complexity index is 1110. The smallest absolute Gasteiger partial charge is 0.255 e. The zero-order valence-electron chi connectivity index (χ0n) is 19.9. The first-order valence-electron chi connectivity index (χ1n) is 12.0. The van der Waals surface area contributed by atoms with E-state index in [-0.39, 0.29) is 35.3 Å². The Morgan fingerprint density at radius 1 is 1.23 bits per heavy atom. The Hall–Kier alpha value is -3.17. The first kappa shape index (κ1) is 24.9. The average Bonchev–Trinajstić information content (AvgIpc) is 3.22. The molecule has 9 heteroatoms. The van der Waals surface area contributed by atoms with Gasteiger partial charge >= 0.3 is 0 Å². The van der Waals surface area contributed by atoms with Gasteiger partial charge in [-0.3, -0.25) is 19.3 Å². The molecule has 9 nitrogen and oxygen atoms in total. The zero-order valence-corrected chi connectivity index (χ0v) is 19.9. The molecule has 0 aromatic heterocycles. The minimum atomic E-state index is -1.24. The molecule has 4 rings (SSSR count). The van der Waals surface area contributed by atoms with Crippen molar-refractivity contribution in [2.45, 2.75) is 50.6 Å². The quantitative estimate of drug-likeness (QED) is 0.171. The lowest BCUT2D eigenvalue weighted by atomic mass is 9.61. The number of hydrogen-bond acceptors (Lipinski definition) is 8. The Labute approximate surface area is 204 Å². The Kier molecular flexibility index (Phi) is 6.75. The summed E-state index contributed by atoms with van der Waals surface area (Å²) in [7, 11) is 2.02. The predicted octanol–water partition coefficient (Wildman–Crippen LogP) is 2.03. The van der Waals surface area contributed by atoms with Crippen LogP contribution in [0.4, 0.5) is 0 Å². The maximum Gasteiger partial charge on any atom is 0.255 e. The summed E-state index contributed by atoms with van der Waals surface area (Å²) in [4.78, 5) is 40.5. The summed E-state index contributed by atoms with van der Waals surface area (Å²) in [6.07, 6.45) is 7.03.